The van der Waals surface area contributed by atoms with Crippen LogP contribution >= 0.6 is 0 Å². The quantitative estimate of drug-likeness (QED) is 0.763. The van der Waals surface area contributed by atoms with Crippen molar-refractivity contribution in [3.63, 3.8) is 0 Å². The summed E-state index contributed by atoms with van der Waals surface area (Å²) in [5, 5.41) is 8.79. The highest BCUT2D eigenvalue weighted by atomic mass is 16.7. The lowest BCUT2D eigenvalue weighted by atomic mass is 9.95. The number of carbonyl (C=O) groups is 2. The molecule has 0 unspecified atom stereocenters. The molecule has 2 amide bonds. The summed E-state index contributed by atoms with van der Waals surface area (Å²) in [6.07, 6.45) is 0.610. The molecule has 27 heavy (non-hydrogen) atoms. The molecule has 0 fully saturated rings. The van der Waals surface area contributed by atoms with Gasteiger partial charge in [0.1, 0.15) is 6.04 Å². The van der Waals surface area contributed by atoms with Gasteiger partial charge in [-0.1, -0.05) is 24.3 Å². The van der Waals surface area contributed by atoms with E-state index in [2.05, 4.69) is 22.0 Å². The van der Waals surface area contributed by atoms with Crippen molar-refractivity contribution in [1.82, 2.24) is 10.6 Å². The molecule has 7 nitrogen and oxygen atoms in total. The van der Waals surface area contributed by atoms with Crippen LogP contribution in [0.5, 0.6) is 11.5 Å². The van der Waals surface area contributed by atoms with E-state index in [1.54, 1.807) is 25.1 Å². The minimum absolute atomic E-state index is 0.177. The monoisotopic (exact) mass is 367 g/mol. The van der Waals surface area contributed by atoms with Crippen LogP contribution in [0.25, 0.3) is 0 Å². The molecule has 0 aliphatic carbocycles. The van der Waals surface area contributed by atoms with E-state index in [-0.39, 0.29) is 24.6 Å². The molecule has 2 aromatic rings. The SMILES string of the molecule is C[C@H](NC(=O)[C@@H]1Cc2ccccc2CN1)C(=O)Nc1ccc2c(c1)OCO2. The maximum Gasteiger partial charge on any atom is 0.246 e. The molecule has 4 rings (SSSR count). The average Bonchev–Trinajstić information content (AvgIpc) is 3.15. The van der Waals surface area contributed by atoms with Crippen molar-refractivity contribution in [2.75, 3.05) is 12.1 Å². The first-order valence-electron chi connectivity index (χ1n) is 8.91. The summed E-state index contributed by atoms with van der Waals surface area (Å²) in [7, 11) is 0. The van der Waals surface area contributed by atoms with Crippen LogP contribution in [0.3, 0.4) is 0 Å². The van der Waals surface area contributed by atoms with Gasteiger partial charge in [-0.3, -0.25) is 9.59 Å². The van der Waals surface area contributed by atoms with Gasteiger partial charge in [0.15, 0.2) is 11.5 Å². The molecular weight excluding hydrogens is 346 g/mol. The molecule has 2 atom stereocenters. The largest absolute Gasteiger partial charge is 0.454 e. The van der Waals surface area contributed by atoms with E-state index in [1.807, 2.05) is 18.2 Å². The van der Waals surface area contributed by atoms with Crippen LogP contribution in [0, 0.1) is 0 Å². The first kappa shape index (κ1) is 17.4. The Morgan fingerprint density at radius 2 is 1.89 bits per heavy atom. The molecule has 2 aliphatic rings. The number of hydrogen-bond acceptors (Lipinski definition) is 5. The predicted molar refractivity (Wildman–Crippen MR) is 99.6 cm³/mol. The van der Waals surface area contributed by atoms with E-state index in [1.165, 1.54) is 5.56 Å². The highest BCUT2D eigenvalue weighted by Crippen LogP contribution is 2.34. The van der Waals surface area contributed by atoms with Gasteiger partial charge in [0.25, 0.3) is 0 Å². The zero-order chi connectivity index (χ0) is 18.8. The molecule has 0 radical (unpaired) electrons. The number of benzene rings is 2. The molecule has 140 valence electrons. The Balaban J connectivity index is 1.34. The third-order valence-electron chi connectivity index (χ3n) is 4.79. The Bertz CT molecular complexity index is 883. The maximum absolute atomic E-state index is 12.5. The number of amides is 2. The summed E-state index contributed by atoms with van der Waals surface area (Å²) in [6, 6.07) is 12.2. The fourth-order valence-corrected chi connectivity index (χ4v) is 3.24. The van der Waals surface area contributed by atoms with E-state index in [0.717, 1.165) is 5.56 Å². The minimum Gasteiger partial charge on any atom is -0.454 e. The second-order valence-corrected chi connectivity index (χ2v) is 6.69. The normalized spacial score (nSPS) is 18.3. The molecule has 0 aromatic heterocycles. The summed E-state index contributed by atoms with van der Waals surface area (Å²) in [5.74, 6) is 0.767. The van der Waals surface area contributed by atoms with E-state index >= 15 is 0 Å². The Morgan fingerprint density at radius 3 is 2.74 bits per heavy atom. The first-order chi connectivity index (χ1) is 13.1. The lowest BCUT2D eigenvalue weighted by molar-refractivity contribution is -0.127. The third-order valence-corrected chi connectivity index (χ3v) is 4.79. The summed E-state index contributed by atoms with van der Waals surface area (Å²) in [5.41, 5.74) is 2.96. The topological polar surface area (TPSA) is 88.7 Å². The van der Waals surface area contributed by atoms with Crippen LogP contribution in [0.15, 0.2) is 42.5 Å². The summed E-state index contributed by atoms with van der Waals surface area (Å²) < 4.78 is 10.6. The predicted octanol–water partition coefficient (Wildman–Crippen LogP) is 1.57. The molecule has 0 bridgehead atoms. The van der Waals surface area contributed by atoms with Gasteiger partial charge in [-0.25, -0.2) is 0 Å². The lowest BCUT2D eigenvalue weighted by Crippen LogP contribution is -2.52. The molecule has 2 aliphatic heterocycles. The number of carbonyl (C=O) groups excluding carboxylic acids is 2. The highest BCUT2D eigenvalue weighted by Gasteiger charge is 2.26. The van der Waals surface area contributed by atoms with Crippen LogP contribution in [-0.2, 0) is 22.6 Å². The van der Waals surface area contributed by atoms with Crippen molar-refractivity contribution in [2.24, 2.45) is 0 Å². The van der Waals surface area contributed by atoms with Crippen molar-refractivity contribution >= 4 is 17.5 Å². The van der Waals surface area contributed by atoms with Gasteiger partial charge in [-0.15, -0.1) is 0 Å². The molecule has 0 saturated carbocycles. The summed E-state index contributed by atoms with van der Waals surface area (Å²) >= 11 is 0. The molecule has 3 N–H and O–H groups in total. The molecule has 2 heterocycles. The standard InChI is InChI=1S/C20H21N3O4/c1-12(19(24)23-15-6-7-17-18(9-15)27-11-26-17)22-20(25)16-8-13-4-2-3-5-14(13)10-21-16/h2-7,9,12,16,21H,8,10-11H2,1H3,(H,22,25)(H,23,24)/t12-,16-/m0/s1. The van der Waals surface area contributed by atoms with Crippen molar-refractivity contribution in [2.45, 2.75) is 32.0 Å². The van der Waals surface area contributed by atoms with Gasteiger partial charge < -0.3 is 25.4 Å². The van der Waals surface area contributed by atoms with Crippen LogP contribution < -0.4 is 25.4 Å². The summed E-state index contributed by atoms with van der Waals surface area (Å²) in [4.78, 5) is 24.9. The second kappa shape index (κ2) is 7.28. The van der Waals surface area contributed by atoms with Gasteiger partial charge >= 0.3 is 0 Å². The summed E-state index contributed by atoms with van der Waals surface area (Å²) in [6.45, 7) is 2.49. The lowest BCUT2D eigenvalue weighted by Gasteiger charge is -2.26. The average molecular weight is 367 g/mol. The molecule has 0 spiro atoms. The zero-order valence-corrected chi connectivity index (χ0v) is 15.0. The van der Waals surface area contributed by atoms with E-state index in [9.17, 15) is 9.59 Å². The Morgan fingerprint density at radius 1 is 1.11 bits per heavy atom. The zero-order valence-electron chi connectivity index (χ0n) is 15.0. The van der Waals surface area contributed by atoms with Crippen LogP contribution in [0.4, 0.5) is 5.69 Å². The second-order valence-electron chi connectivity index (χ2n) is 6.69. The van der Waals surface area contributed by atoms with Crippen LogP contribution in [-0.4, -0.2) is 30.7 Å². The van der Waals surface area contributed by atoms with E-state index < -0.39 is 6.04 Å². The van der Waals surface area contributed by atoms with Gasteiger partial charge in [-0.05, 0) is 36.6 Å². The molecule has 7 heteroatoms. The number of hydrogen-bond donors (Lipinski definition) is 3. The van der Waals surface area contributed by atoms with Gasteiger partial charge in [0, 0.05) is 18.3 Å². The molecule has 2 aromatic carbocycles. The Kier molecular flexibility index (Phi) is 4.68. The molecule has 0 saturated heterocycles. The fraction of sp³-hybridized carbons (Fsp3) is 0.300. The number of ether oxygens (including phenoxy) is 2. The smallest absolute Gasteiger partial charge is 0.246 e. The minimum atomic E-state index is -0.665. The van der Waals surface area contributed by atoms with Crippen molar-refractivity contribution in [3.05, 3.63) is 53.6 Å². The van der Waals surface area contributed by atoms with Crippen LogP contribution in [0.2, 0.25) is 0 Å². The number of anilines is 1. The Labute approximate surface area is 157 Å². The van der Waals surface area contributed by atoms with Gasteiger partial charge in [0.05, 0.1) is 6.04 Å². The fourth-order valence-electron chi connectivity index (χ4n) is 3.24. The van der Waals surface area contributed by atoms with Crippen LogP contribution in [0.1, 0.15) is 18.1 Å². The van der Waals surface area contributed by atoms with E-state index in [0.29, 0.717) is 30.2 Å². The molecular formula is C20H21N3O4. The van der Waals surface area contributed by atoms with Gasteiger partial charge in [0.2, 0.25) is 18.6 Å². The van der Waals surface area contributed by atoms with Crippen molar-refractivity contribution < 1.29 is 19.1 Å². The number of nitrogens with one attached hydrogen (secondary N) is 3. The highest BCUT2D eigenvalue weighted by molar-refractivity contribution is 5.97. The first-order valence-corrected chi connectivity index (χ1v) is 8.91. The third kappa shape index (κ3) is 3.73. The number of fused-ring (bicyclic) bond motifs is 2. The van der Waals surface area contributed by atoms with Gasteiger partial charge in [-0.2, -0.15) is 0 Å². The van der Waals surface area contributed by atoms with E-state index in [4.69, 9.17) is 9.47 Å². The Hall–Kier alpha value is -3.06. The maximum atomic E-state index is 12.5. The number of rotatable bonds is 4. The van der Waals surface area contributed by atoms with Crippen molar-refractivity contribution in [1.29, 1.82) is 0 Å². The van der Waals surface area contributed by atoms with Crippen molar-refractivity contribution in [3.8, 4) is 11.5 Å².